The summed E-state index contributed by atoms with van der Waals surface area (Å²) < 4.78 is 0. The second kappa shape index (κ2) is 5.66. The van der Waals surface area contributed by atoms with Crippen LogP contribution >= 0.6 is 0 Å². The predicted octanol–water partition coefficient (Wildman–Crippen LogP) is 4.92. The first-order valence-electron chi connectivity index (χ1n) is 7.73. The average molecular weight is 259 g/mol. The summed E-state index contributed by atoms with van der Waals surface area (Å²) in [7, 11) is 0. The molecule has 1 saturated carbocycles. The molecule has 1 N–H and O–H groups in total. The minimum atomic E-state index is 0.435. The molecule has 0 bridgehead atoms. The van der Waals surface area contributed by atoms with Crippen LogP contribution in [0.15, 0.2) is 18.2 Å². The van der Waals surface area contributed by atoms with Gasteiger partial charge in [-0.1, -0.05) is 50.5 Å². The fraction of sp³-hybridized carbons (Fsp3) is 0.667. The first-order chi connectivity index (χ1) is 8.90. The molecule has 0 heterocycles. The van der Waals surface area contributed by atoms with Crippen molar-refractivity contribution in [1.82, 2.24) is 5.32 Å². The molecule has 1 aliphatic carbocycles. The van der Waals surface area contributed by atoms with Crippen molar-refractivity contribution in [3.63, 3.8) is 0 Å². The van der Waals surface area contributed by atoms with Gasteiger partial charge in [0.15, 0.2) is 0 Å². The van der Waals surface area contributed by atoms with E-state index in [-0.39, 0.29) is 0 Å². The van der Waals surface area contributed by atoms with E-state index in [9.17, 15) is 0 Å². The first kappa shape index (κ1) is 14.6. The van der Waals surface area contributed by atoms with Gasteiger partial charge in [-0.15, -0.1) is 0 Å². The van der Waals surface area contributed by atoms with Crippen LogP contribution in [0.3, 0.4) is 0 Å². The molecule has 106 valence electrons. The molecule has 19 heavy (non-hydrogen) atoms. The summed E-state index contributed by atoms with van der Waals surface area (Å²) >= 11 is 0. The van der Waals surface area contributed by atoms with Gasteiger partial charge >= 0.3 is 0 Å². The maximum Gasteiger partial charge on any atom is 0.0297 e. The Bertz CT molecular complexity index is 433. The van der Waals surface area contributed by atoms with Crippen molar-refractivity contribution >= 4 is 0 Å². The lowest BCUT2D eigenvalue weighted by Crippen LogP contribution is -2.45. The first-order valence-corrected chi connectivity index (χ1v) is 7.73. The summed E-state index contributed by atoms with van der Waals surface area (Å²) in [5, 5.41) is 3.89. The van der Waals surface area contributed by atoms with Gasteiger partial charge in [-0.3, -0.25) is 0 Å². The lowest BCUT2D eigenvalue weighted by atomic mass is 9.73. The van der Waals surface area contributed by atoms with E-state index in [0.29, 0.717) is 17.5 Å². The van der Waals surface area contributed by atoms with Crippen LogP contribution in [0.2, 0.25) is 0 Å². The molecule has 0 spiro atoms. The third kappa shape index (κ3) is 3.39. The van der Waals surface area contributed by atoms with Crippen molar-refractivity contribution in [1.29, 1.82) is 0 Å². The summed E-state index contributed by atoms with van der Waals surface area (Å²) in [6, 6.07) is 7.88. The fourth-order valence-electron chi connectivity index (χ4n) is 3.42. The van der Waals surface area contributed by atoms with Gasteiger partial charge in [-0.05, 0) is 50.2 Å². The van der Waals surface area contributed by atoms with Gasteiger partial charge in [0.2, 0.25) is 0 Å². The Morgan fingerprint density at radius 3 is 2.63 bits per heavy atom. The zero-order valence-electron chi connectivity index (χ0n) is 13.2. The van der Waals surface area contributed by atoms with Gasteiger partial charge in [0.1, 0.15) is 0 Å². The molecule has 0 saturated heterocycles. The molecule has 2 atom stereocenters. The third-order valence-corrected chi connectivity index (χ3v) is 4.86. The molecule has 2 unspecified atom stereocenters. The number of aryl methyl sites for hydroxylation is 2. The highest BCUT2D eigenvalue weighted by atomic mass is 15.0. The van der Waals surface area contributed by atoms with Crippen LogP contribution in [0.4, 0.5) is 0 Å². The van der Waals surface area contributed by atoms with Crippen molar-refractivity contribution in [3.05, 3.63) is 34.9 Å². The van der Waals surface area contributed by atoms with Gasteiger partial charge < -0.3 is 5.32 Å². The van der Waals surface area contributed by atoms with E-state index in [0.717, 1.165) is 0 Å². The standard InChI is InChI=1S/C18H29N/c1-13-9-10-14(2)16(12-13)15(3)19-17-8-6-7-11-18(17,4)5/h9-10,12,15,17,19H,6-8,11H2,1-5H3. The highest BCUT2D eigenvalue weighted by Crippen LogP contribution is 2.36. The second-order valence-corrected chi connectivity index (χ2v) is 7.04. The fourth-order valence-corrected chi connectivity index (χ4v) is 3.42. The topological polar surface area (TPSA) is 12.0 Å². The Morgan fingerprint density at radius 1 is 1.21 bits per heavy atom. The van der Waals surface area contributed by atoms with E-state index < -0.39 is 0 Å². The Labute approximate surface area is 118 Å². The van der Waals surface area contributed by atoms with E-state index >= 15 is 0 Å². The molecule has 1 aliphatic rings. The molecular formula is C18H29N. The van der Waals surface area contributed by atoms with Gasteiger partial charge in [0, 0.05) is 12.1 Å². The maximum absolute atomic E-state index is 3.89. The van der Waals surface area contributed by atoms with Crippen molar-refractivity contribution in [2.24, 2.45) is 5.41 Å². The minimum absolute atomic E-state index is 0.435. The SMILES string of the molecule is Cc1ccc(C)c(C(C)NC2CCCCC2(C)C)c1. The summed E-state index contributed by atoms with van der Waals surface area (Å²) in [6.45, 7) is 11.5. The van der Waals surface area contributed by atoms with E-state index in [2.05, 4.69) is 58.1 Å². The molecule has 0 aromatic heterocycles. The number of hydrogen-bond acceptors (Lipinski definition) is 1. The molecule has 0 aliphatic heterocycles. The molecule has 1 aromatic carbocycles. The molecular weight excluding hydrogens is 230 g/mol. The van der Waals surface area contributed by atoms with Crippen molar-refractivity contribution in [2.45, 2.75) is 72.4 Å². The van der Waals surface area contributed by atoms with Crippen LogP contribution in [0.1, 0.15) is 69.2 Å². The van der Waals surface area contributed by atoms with Gasteiger partial charge in [0.05, 0.1) is 0 Å². The number of nitrogens with one attached hydrogen (secondary N) is 1. The van der Waals surface area contributed by atoms with E-state index in [1.165, 1.54) is 42.4 Å². The van der Waals surface area contributed by atoms with E-state index in [4.69, 9.17) is 0 Å². The normalized spacial score (nSPS) is 24.2. The Balaban J connectivity index is 2.12. The smallest absolute Gasteiger partial charge is 0.0297 e. The summed E-state index contributed by atoms with van der Waals surface area (Å²) in [5.74, 6) is 0. The highest BCUT2D eigenvalue weighted by molar-refractivity contribution is 5.32. The van der Waals surface area contributed by atoms with Crippen LogP contribution < -0.4 is 5.32 Å². The maximum atomic E-state index is 3.89. The summed E-state index contributed by atoms with van der Waals surface area (Å²) in [5.41, 5.74) is 4.65. The lowest BCUT2D eigenvalue weighted by Gasteiger charge is -2.41. The van der Waals surface area contributed by atoms with E-state index in [1.54, 1.807) is 0 Å². The quantitative estimate of drug-likeness (QED) is 0.812. The lowest BCUT2D eigenvalue weighted by molar-refractivity contribution is 0.157. The number of rotatable bonds is 3. The zero-order valence-corrected chi connectivity index (χ0v) is 13.2. The molecule has 1 nitrogen and oxygen atoms in total. The van der Waals surface area contributed by atoms with Crippen LogP contribution in [0.25, 0.3) is 0 Å². The number of benzene rings is 1. The Hall–Kier alpha value is -0.820. The van der Waals surface area contributed by atoms with Crippen molar-refractivity contribution in [3.8, 4) is 0 Å². The molecule has 1 fully saturated rings. The molecule has 1 heteroatoms. The molecule has 0 radical (unpaired) electrons. The zero-order chi connectivity index (χ0) is 14.0. The summed E-state index contributed by atoms with van der Waals surface area (Å²) in [4.78, 5) is 0. The second-order valence-electron chi connectivity index (χ2n) is 7.04. The molecule has 1 aromatic rings. The van der Waals surface area contributed by atoms with Crippen LogP contribution in [-0.2, 0) is 0 Å². The predicted molar refractivity (Wildman–Crippen MR) is 83.5 cm³/mol. The van der Waals surface area contributed by atoms with Crippen LogP contribution in [-0.4, -0.2) is 6.04 Å². The Kier molecular flexibility index (Phi) is 4.35. The van der Waals surface area contributed by atoms with Crippen molar-refractivity contribution in [2.75, 3.05) is 0 Å². The van der Waals surface area contributed by atoms with E-state index in [1.807, 2.05) is 0 Å². The third-order valence-electron chi connectivity index (χ3n) is 4.86. The Morgan fingerprint density at radius 2 is 1.95 bits per heavy atom. The minimum Gasteiger partial charge on any atom is -0.307 e. The molecule has 2 rings (SSSR count). The van der Waals surface area contributed by atoms with Gasteiger partial charge in [-0.25, -0.2) is 0 Å². The summed E-state index contributed by atoms with van der Waals surface area (Å²) in [6.07, 6.45) is 5.44. The largest absolute Gasteiger partial charge is 0.307 e. The van der Waals surface area contributed by atoms with Crippen LogP contribution in [0, 0.1) is 19.3 Å². The monoisotopic (exact) mass is 259 g/mol. The molecule has 0 amide bonds. The number of hydrogen-bond donors (Lipinski definition) is 1. The van der Waals surface area contributed by atoms with Crippen molar-refractivity contribution < 1.29 is 0 Å². The average Bonchev–Trinajstić information content (AvgIpc) is 2.34. The van der Waals surface area contributed by atoms with Gasteiger partial charge in [0.25, 0.3) is 0 Å². The highest BCUT2D eigenvalue weighted by Gasteiger charge is 2.32. The van der Waals surface area contributed by atoms with Crippen LogP contribution in [0.5, 0.6) is 0 Å². The van der Waals surface area contributed by atoms with Gasteiger partial charge in [-0.2, -0.15) is 0 Å².